The lowest BCUT2D eigenvalue weighted by Gasteiger charge is -2.17. The van der Waals surface area contributed by atoms with Crippen molar-refractivity contribution in [2.45, 2.75) is 32.6 Å². The molecule has 7 nitrogen and oxygen atoms in total. The van der Waals surface area contributed by atoms with Gasteiger partial charge in [-0.15, -0.1) is 0 Å². The molecular weight excluding hydrogens is 400 g/mol. The van der Waals surface area contributed by atoms with E-state index in [0.717, 1.165) is 15.4 Å². The Labute approximate surface area is 165 Å². The molecule has 2 aromatic carbocycles. The molecule has 0 spiro atoms. The molecule has 1 fully saturated rings. The Bertz CT molecular complexity index is 1150. The molecule has 28 heavy (non-hydrogen) atoms. The SMILES string of the molecule is Cc1cc(C)cc(NS(=O)(=O)c2ccc(N3C(=O)C(C)CS3(=O)=O)cc2C)c1. The molecule has 3 rings (SSSR count). The fourth-order valence-corrected chi connectivity index (χ4v) is 6.47. The van der Waals surface area contributed by atoms with Crippen LogP contribution in [0.5, 0.6) is 0 Å². The zero-order valence-corrected chi connectivity index (χ0v) is 17.7. The van der Waals surface area contributed by atoms with Crippen LogP contribution in [0.4, 0.5) is 11.4 Å². The number of benzene rings is 2. The lowest BCUT2D eigenvalue weighted by atomic mass is 10.1. The van der Waals surface area contributed by atoms with Crippen molar-refractivity contribution >= 4 is 37.3 Å². The first-order valence-electron chi connectivity index (χ1n) is 8.69. The molecule has 1 heterocycles. The number of aryl methyl sites for hydroxylation is 3. The van der Waals surface area contributed by atoms with Crippen molar-refractivity contribution < 1.29 is 21.6 Å². The highest BCUT2D eigenvalue weighted by Crippen LogP contribution is 2.31. The predicted molar refractivity (Wildman–Crippen MR) is 108 cm³/mol. The lowest BCUT2D eigenvalue weighted by Crippen LogP contribution is -2.30. The van der Waals surface area contributed by atoms with Gasteiger partial charge in [-0.2, -0.15) is 0 Å². The molecule has 0 aromatic heterocycles. The van der Waals surface area contributed by atoms with Crippen LogP contribution in [0.25, 0.3) is 0 Å². The summed E-state index contributed by atoms with van der Waals surface area (Å²) in [4.78, 5) is 12.3. The van der Waals surface area contributed by atoms with Crippen LogP contribution in [0.15, 0.2) is 41.3 Å². The van der Waals surface area contributed by atoms with E-state index in [2.05, 4.69) is 4.72 Å². The number of anilines is 2. The quantitative estimate of drug-likeness (QED) is 0.816. The average Bonchev–Trinajstić information content (AvgIpc) is 2.72. The molecule has 1 aliphatic heterocycles. The normalized spacial score (nSPS) is 19.1. The zero-order valence-electron chi connectivity index (χ0n) is 16.1. The molecule has 150 valence electrons. The fourth-order valence-electron chi connectivity index (χ4n) is 3.39. The number of hydrogen-bond acceptors (Lipinski definition) is 5. The minimum Gasteiger partial charge on any atom is -0.280 e. The van der Waals surface area contributed by atoms with Gasteiger partial charge in [0.2, 0.25) is 15.9 Å². The van der Waals surface area contributed by atoms with Gasteiger partial charge in [0.15, 0.2) is 0 Å². The molecule has 1 amide bonds. The molecule has 1 aliphatic rings. The van der Waals surface area contributed by atoms with Crippen LogP contribution in [-0.2, 0) is 24.8 Å². The molecule has 2 aromatic rings. The van der Waals surface area contributed by atoms with E-state index in [4.69, 9.17) is 0 Å². The van der Waals surface area contributed by atoms with E-state index in [9.17, 15) is 21.6 Å². The monoisotopic (exact) mass is 422 g/mol. The van der Waals surface area contributed by atoms with E-state index < -0.39 is 31.9 Å². The number of sulfonamides is 2. The van der Waals surface area contributed by atoms with Crippen molar-refractivity contribution in [3.05, 3.63) is 53.1 Å². The highest BCUT2D eigenvalue weighted by Gasteiger charge is 2.42. The molecule has 9 heteroatoms. The summed E-state index contributed by atoms with van der Waals surface area (Å²) in [5, 5.41) is 0. The minimum absolute atomic E-state index is 0.0208. The summed E-state index contributed by atoms with van der Waals surface area (Å²) < 4.78 is 53.4. The summed E-state index contributed by atoms with van der Waals surface area (Å²) >= 11 is 0. The Kier molecular flexibility index (Phi) is 5.01. The molecule has 1 N–H and O–H groups in total. The third kappa shape index (κ3) is 3.77. The summed E-state index contributed by atoms with van der Waals surface area (Å²) in [6.45, 7) is 6.87. The maximum absolute atomic E-state index is 12.8. The van der Waals surface area contributed by atoms with Crippen LogP contribution < -0.4 is 9.03 Å². The fraction of sp³-hybridized carbons (Fsp3) is 0.316. The first-order valence-corrected chi connectivity index (χ1v) is 11.8. The molecule has 1 unspecified atom stereocenters. The van der Waals surface area contributed by atoms with Crippen LogP contribution in [0.1, 0.15) is 23.6 Å². The van der Waals surface area contributed by atoms with Gasteiger partial charge < -0.3 is 0 Å². The van der Waals surface area contributed by atoms with Gasteiger partial charge in [-0.25, -0.2) is 21.1 Å². The van der Waals surface area contributed by atoms with Gasteiger partial charge in [0.05, 0.1) is 22.3 Å². The first kappa shape index (κ1) is 20.3. The lowest BCUT2D eigenvalue weighted by molar-refractivity contribution is -0.119. The number of amides is 1. The third-order valence-corrected chi connectivity index (χ3v) is 7.93. The second-order valence-corrected chi connectivity index (χ2v) is 10.7. The number of carbonyl (C=O) groups excluding carboxylic acids is 1. The predicted octanol–water partition coefficient (Wildman–Crippen LogP) is 2.73. The highest BCUT2D eigenvalue weighted by atomic mass is 32.2. The van der Waals surface area contributed by atoms with E-state index in [1.807, 2.05) is 19.9 Å². The Morgan fingerprint density at radius 2 is 1.64 bits per heavy atom. The number of nitrogens with zero attached hydrogens (tertiary/aromatic N) is 1. The molecule has 1 atom stereocenters. The Morgan fingerprint density at radius 1 is 1.04 bits per heavy atom. The second-order valence-electron chi connectivity index (χ2n) is 7.21. The topological polar surface area (TPSA) is 101 Å². The van der Waals surface area contributed by atoms with E-state index in [1.54, 1.807) is 26.0 Å². The molecule has 0 radical (unpaired) electrons. The third-order valence-electron chi connectivity index (χ3n) is 4.52. The van der Waals surface area contributed by atoms with E-state index in [1.165, 1.54) is 18.2 Å². The van der Waals surface area contributed by atoms with Crippen molar-refractivity contribution in [3.63, 3.8) is 0 Å². The number of hydrogen-bond donors (Lipinski definition) is 1. The number of rotatable bonds is 4. The van der Waals surface area contributed by atoms with Crippen molar-refractivity contribution in [1.82, 2.24) is 0 Å². The maximum atomic E-state index is 12.8. The molecular formula is C19H22N2O5S2. The maximum Gasteiger partial charge on any atom is 0.262 e. The van der Waals surface area contributed by atoms with Crippen LogP contribution in [0.3, 0.4) is 0 Å². The van der Waals surface area contributed by atoms with Crippen molar-refractivity contribution in [2.75, 3.05) is 14.8 Å². The van der Waals surface area contributed by atoms with Crippen molar-refractivity contribution in [1.29, 1.82) is 0 Å². The van der Waals surface area contributed by atoms with Crippen molar-refractivity contribution in [2.24, 2.45) is 5.92 Å². The summed E-state index contributed by atoms with van der Waals surface area (Å²) in [6, 6.07) is 9.46. The Hall–Kier alpha value is -2.39. The average molecular weight is 423 g/mol. The smallest absolute Gasteiger partial charge is 0.262 e. The van der Waals surface area contributed by atoms with Gasteiger partial charge in [0, 0.05) is 5.69 Å². The highest BCUT2D eigenvalue weighted by molar-refractivity contribution is 7.94. The molecule has 0 saturated carbocycles. The Balaban J connectivity index is 1.97. The van der Waals surface area contributed by atoms with Gasteiger partial charge in [-0.05, 0) is 67.8 Å². The van der Waals surface area contributed by atoms with E-state index >= 15 is 0 Å². The molecule has 1 saturated heterocycles. The number of carbonyl (C=O) groups is 1. The van der Waals surface area contributed by atoms with Gasteiger partial charge in [0.1, 0.15) is 0 Å². The largest absolute Gasteiger partial charge is 0.280 e. The van der Waals surface area contributed by atoms with Gasteiger partial charge >= 0.3 is 0 Å². The minimum atomic E-state index is -3.87. The Morgan fingerprint density at radius 3 is 2.14 bits per heavy atom. The molecule has 0 aliphatic carbocycles. The van der Waals surface area contributed by atoms with Gasteiger partial charge in [-0.1, -0.05) is 13.0 Å². The van der Waals surface area contributed by atoms with Crippen LogP contribution >= 0.6 is 0 Å². The number of nitrogens with one attached hydrogen (secondary N) is 1. The van der Waals surface area contributed by atoms with Crippen LogP contribution in [0.2, 0.25) is 0 Å². The standard InChI is InChI=1S/C19H22N2O5S2/c1-12-7-13(2)9-16(8-12)20-28(25,26)18-6-5-17(10-14(18)3)21-19(22)15(4)11-27(21,23)24/h5-10,15,20H,11H2,1-4H3. The van der Waals surface area contributed by atoms with Gasteiger partial charge in [0.25, 0.3) is 10.0 Å². The second kappa shape index (κ2) is 6.89. The van der Waals surface area contributed by atoms with Crippen molar-refractivity contribution in [3.8, 4) is 0 Å². The van der Waals surface area contributed by atoms with Crippen LogP contribution in [-0.4, -0.2) is 28.5 Å². The van der Waals surface area contributed by atoms with Gasteiger partial charge in [-0.3, -0.25) is 9.52 Å². The molecule has 0 bridgehead atoms. The first-order chi connectivity index (χ1) is 12.9. The zero-order chi connectivity index (χ0) is 20.9. The van der Waals surface area contributed by atoms with E-state index in [-0.39, 0.29) is 16.3 Å². The summed E-state index contributed by atoms with van der Waals surface area (Å²) in [7, 11) is -7.62. The van der Waals surface area contributed by atoms with Crippen LogP contribution in [0, 0.1) is 26.7 Å². The summed E-state index contributed by atoms with van der Waals surface area (Å²) in [6.07, 6.45) is 0. The summed E-state index contributed by atoms with van der Waals surface area (Å²) in [5.41, 5.74) is 2.80. The summed E-state index contributed by atoms with van der Waals surface area (Å²) in [5.74, 6) is -1.39. The van der Waals surface area contributed by atoms with E-state index in [0.29, 0.717) is 11.3 Å².